The predicted molar refractivity (Wildman–Crippen MR) is 73.9 cm³/mol. The van der Waals surface area contributed by atoms with Crippen molar-refractivity contribution >= 4 is 5.69 Å². The number of anilines is 1. The summed E-state index contributed by atoms with van der Waals surface area (Å²) in [5.74, 6) is 0. The molecule has 18 heavy (non-hydrogen) atoms. The molecule has 1 unspecified atom stereocenters. The quantitative estimate of drug-likeness (QED) is 0.895. The number of rotatable bonds is 3. The van der Waals surface area contributed by atoms with Gasteiger partial charge in [0.05, 0.1) is 5.69 Å². The molecule has 94 valence electrons. The zero-order chi connectivity index (χ0) is 12.5. The Labute approximate surface area is 108 Å². The Hall–Kier alpha value is -1.77. The molecule has 0 fully saturated rings. The number of benzene rings is 1. The van der Waals surface area contributed by atoms with Crippen LogP contribution in [0.3, 0.4) is 0 Å². The second-order valence-corrected chi connectivity index (χ2v) is 5.29. The summed E-state index contributed by atoms with van der Waals surface area (Å²) in [5.41, 5.74) is 3.88. The van der Waals surface area contributed by atoms with Crippen LogP contribution in [0, 0.1) is 0 Å². The lowest BCUT2D eigenvalue weighted by Crippen LogP contribution is -2.19. The van der Waals surface area contributed by atoms with Crippen LogP contribution in [0.4, 0.5) is 5.69 Å². The number of nitrogens with one attached hydrogen (secondary N) is 1. The van der Waals surface area contributed by atoms with Gasteiger partial charge in [-0.05, 0) is 38.0 Å². The highest BCUT2D eigenvalue weighted by Crippen LogP contribution is 2.26. The summed E-state index contributed by atoms with van der Waals surface area (Å²) in [6.07, 6.45) is 4.17. The zero-order valence-electron chi connectivity index (χ0n) is 10.9. The van der Waals surface area contributed by atoms with Crippen molar-refractivity contribution in [2.45, 2.75) is 38.8 Å². The van der Waals surface area contributed by atoms with Crippen molar-refractivity contribution in [3.05, 3.63) is 47.8 Å². The highest BCUT2D eigenvalue weighted by Gasteiger charge is 2.20. The van der Waals surface area contributed by atoms with Crippen LogP contribution in [0.5, 0.6) is 0 Å². The van der Waals surface area contributed by atoms with Crippen molar-refractivity contribution in [2.24, 2.45) is 0 Å². The van der Waals surface area contributed by atoms with Crippen molar-refractivity contribution in [3.8, 4) is 0 Å². The minimum absolute atomic E-state index is 0.437. The molecule has 0 aliphatic carbocycles. The molecule has 1 aliphatic heterocycles. The van der Waals surface area contributed by atoms with Gasteiger partial charge in [0.15, 0.2) is 0 Å². The van der Waals surface area contributed by atoms with Gasteiger partial charge in [-0.3, -0.25) is 4.68 Å². The van der Waals surface area contributed by atoms with E-state index in [1.807, 2.05) is 4.68 Å². The van der Waals surface area contributed by atoms with Crippen LogP contribution in [-0.4, -0.2) is 15.8 Å². The van der Waals surface area contributed by atoms with Crippen molar-refractivity contribution in [2.75, 3.05) is 5.32 Å². The largest absolute Gasteiger partial charge is 0.381 e. The van der Waals surface area contributed by atoms with Gasteiger partial charge in [0, 0.05) is 30.4 Å². The summed E-state index contributed by atoms with van der Waals surface area (Å²) in [6, 6.07) is 11.6. The molecule has 0 saturated heterocycles. The van der Waals surface area contributed by atoms with Crippen LogP contribution in [0.15, 0.2) is 36.5 Å². The minimum Gasteiger partial charge on any atom is -0.381 e. The second-order valence-electron chi connectivity index (χ2n) is 5.29. The predicted octanol–water partition coefficient (Wildman–Crippen LogP) is 3.04. The second kappa shape index (κ2) is 4.48. The van der Waals surface area contributed by atoms with E-state index in [1.165, 1.54) is 16.9 Å². The summed E-state index contributed by atoms with van der Waals surface area (Å²) in [5, 5.41) is 8.18. The molecule has 2 heterocycles. The molecule has 3 rings (SSSR count). The summed E-state index contributed by atoms with van der Waals surface area (Å²) >= 11 is 0. The fourth-order valence-corrected chi connectivity index (χ4v) is 2.53. The summed E-state index contributed by atoms with van der Waals surface area (Å²) < 4.78 is 2.03. The fourth-order valence-electron chi connectivity index (χ4n) is 2.53. The number of aromatic nitrogens is 2. The molecule has 0 radical (unpaired) electrons. The van der Waals surface area contributed by atoms with Gasteiger partial charge in [0.2, 0.25) is 0 Å². The first-order valence-corrected chi connectivity index (χ1v) is 6.61. The smallest absolute Gasteiger partial charge is 0.0645 e. The van der Waals surface area contributed by atoms with Crippen LogP contribution >= 0.6 is 0 Å². The molecule has 0 bridgehead atoms. The van der Waals surface area contributed by atoms with Gasteiger partial charge in [0.1, 0.15) is 0 Å². The summed E-state index contributed by atoms with van der Waals surface area (Å²) in [6.45, 7) is 4.31. The topological polar surface area (TPSA) is 29.9 Å². The maximum absolute atomic E-state index is 4.61. The fraction of sp³-hybridized carbons (Fsp3) is 0.400. The summed E-state index contributed by atoms with van der Waals surface area (Å²) in [4.78, 5) is 0. The SMILES string of the molecule is CC(C)n1ccc(CC2Cc3ccccc3N2)n1. The average Bonchev–Trinajstić information content (AvgIpc) is 2.94. The molecule has 0 spiro atoms. The van der Waals surface area contributed by atoms with Crippen molar-refractivity contribution in [1.82, 2.24) is 9.78 Å². The van der Waals surface area contributed by atoms with Crippen LogP contribution in [0.1, 0.15) is 31.1 Å². The minimum atomic E-state index is 0.437. The van der Waals surface area contributed by atoms with Gasteiger partial charge in [-0.2, -0.15) is 5.10 Å². The Morgan fingerprint density at radius 1 is 1.33 bits per heavy atom. The van der Waals surface area contributed by atoms with E-state index in [1.54, 1.807) is 0 Å². The van der Waals surface area contributed by atoms with Crippen molar-refractivity contribution < 1.29 is 0 Å². The highest BCUT2D eigenvalue weighted by molar-refractivity contribution is 5.56. The maximum Gasteiger partial charge on any atom is 0.0645 e. The van der Waals surface area contributed by atoms with Crippen LogP contribution < -0.4 is 5.32 Å². The normalized spacial score (nSPS) is 17.8. The molecular weight excluding hydrogens is 222 g/mol. The molecule has 1 aromatic heterocycles. The van der Waals surface area contributed by atoms with E-state index < -0.39 is 0 Å². The molecule has 1 N–H and O–H groups in total. The molecule has 1 atom stereocenters. The average molecular weight is 241 g/mol. The third-order valence-corrected chi connectivity index (χ3v) is 3.49. The first-order valence-electron chi connectivity index (χ1n) is 6.61. The molecular formula is C15H19N3. The molecule has 2 aromatic rings. The van der Waals surface area contributed by atoms with Crippen molar-refractivity contribution in [1.29, 1.82) is 0 Å². The van der Waals surface area contributed by atoms with E-state index >= 15 is 0 Å². The van der Waals surface area contributed by atoms with E-state index in [9.17, 15) is 0 Å². The van der Waals surface area contributed by atoms with Gasteiger partial charge in [-0.15, -0.1) is 0 Å². The number of hydrogen-bond donors (Lipinski definition) is 1. The van der Waals surface area contributed by atoms with Crippen LogP contribution in [0.2, 0.25) is 0 Å². The number of hydrogen-bond acceptors (Lipinski definition) is 2. The number of nitrogens with zero attached hydrogens (tertiary/aromatic N) is 2. The molecule has 0 amide bonds. The Morgan fingerprint density at radius 2 is 2.17 bits per heavy atom. The molecule has 3 heteroatoms. The lowest BCUT2D eigenvalue weighted by molar-refractivity contribution is 0.523. The van der Waals surface area contributed by atoms with Crippen LogP contribution in [0.25, 0.3) is 0 Å². The van der Waals surface area contributed by atoms with E-state index in [0.29, 0.717) is 12.1 Å². The standard InChI is InChI=1S/C15H19N3/c1-11(2)18-8-7-13(17-18)10-14-9-12-5-3-4-6-15(12)16-14/h3-8,11,14,16H,9-10H2,1-2H3. The molecule has 3 nitrogen and oxygen atoms in total. The van der Waals surface area contributed by atoms with Gasteiger partial charge in [0.25, 0.3) is 0 Å². The Kier molecular flexibility index (Phi) is 2.82. The molecule has 0 saturated carbocycles. The Bertz CT molecular complexity index is 517. The van der Waals surface area contributed by atoms with E-state index in [-0.39, 0.29) is 0 Å². The van der Waals surface area contributed by atoms with E-state index in [0.717, 1.165) is 12.8 Å². The van der Waals surface area contributed by atoms with Crippen molar-refractivity contribution in [3.63, 3.8) is 0 Å². The number of para-hydroxylation sites is 1. The lowest BCUT2D eigenvalue weighted by Gasteiger charge is -2.09. The van der Waals surface area contributed by atoms with Crippen LogP contribution in [-0.2, 0) is 12.8 Å². The Morgan fingerprint density at radius 3 is 2.89 bits per heavy atom. The maximum atomic E-state index is 4.61. The van der Waals surface area contributed by atoms with E-state index in [2.05, 4.69) is 60.8 Å². The monoisotopic (exact) mass is 241 g/mol. The third-order valence-electron chi connectivity index (χ3n) is 3.49. The van der Waals surface area contributed by atoms with Gasteiger partial charge < -0.3 is 5.32 Å². The Balaban J connectivity index is 1.68. The van der Waals surface area contributed by atoms with E-state index in [4.69, 9.17) is 0 Å². The van der Waals surface area contributed by atoms with Gasteiger partial charge in [-0.1, -0.05) is 18.2 Å². The molecule has 1 aromatic carbocycles. The van der Waals surface area contributed by atoms with Gasteiger partial charge >= 0.3 is 0 Å². The summed E-state index contributed by atoms with van der Waals surface area (Å²) in [7, 11) is 0. The molecule has 1 aliphatic rings. The zero-order valence-corrected chi connectivity index (χ0v) is 10.9. The number of fused-ring (bicyclic) bond motifs is 1. The highest BCUT2D eigenvalue weighted by atomic mass is 15.3. The first kappa shape index (κ1) is 11.3. The lowest BCUT2D eigenvalue weighted by atomic mass is 10.1. The van der Waals surface area contributed by atoms with Gasteiger partial charge in [-0.25, -0.2) is 0 Å². The third kappa shape index (κ3) is 2.13. The first-order chi connectivity index (χ1) is 8.72.